The summed E-state index contributed by atoms with van der Waals surface area (Å²) in [6.45, 7) is 7.22. The number of piperazine rings is 1. The fourth-order valence-electron chi connectivity index (χ4n) is 3.42. The molecule has 0 spiro atoms. The molecular formula is C19H20ClN5O2S. The van der Waals surface area contributed by atoms with Crippen LogP contribution in [0.25, 0.3) is 10.2 Å². The Labute approximate surface area is 171 Å². The van der Waals surface area contributed by atoms with Crippen LogP contribution in [0, 0.1) is 6.92 Å². The first kappa shape index (κ1) is 18.9. The van der Waals surface area contributed by atoms with Crippen molar-refractivity contribution in [2.24, 2.45) is 0 Å². The second-order valence-corrected chi connectivity index (χ2v) is 7.84. The number of nitrogens with zero attached hydrogens (tertiary/aromatic N) is 5. The van der Waals surface area contributed by atoms with Crippen LogP contribution in [0.2, 0.25) is 5.02 Å². The second kappa shape index (κ2) is 7.89. The molecule has 1 saturated heterocycles. The van der Waals surface area contributed by atoms with Crippen molar-refractivity contribution < 1.29 is 9.53 Å². The molecule has 4 heterocycles. The number of ether oxygens (including phenoxy) is 1. The van der Waals surface area contributed by atoms with E-state index in [0.29, 0.717) is 16.5 Å². The predicted octanol–water partition coefficient (Wildman–Crippen LogP) is 3.55. The molecule has 0 N–H and O–H groups in total. The molecule has 0 atom stereocenters. The smallest absolute Gasteiger partial charge is 0.348 e. The number of pyridine rings is 1. The molecule has 146 valence electrons. The number of aryl methyl sites for hydroxylation is 1. The molecule has 0 unspecified atom stereocenters. The summed E-state index contributed by atoms with van der Waals surface area (Å²) in [5.74, 6) is 1.37. The third-order valence-electron chi connectivity index (χ3n) is 4.79. The molecule has 28 heavy (non-hydrogen) atoms. The van der Waals surface area contributed by atoms with Crippen molar-refractivity contribution in [1.82, 2.24) is 15.0 Å². The van der Waals surface area contributed by atoms with Gasteiger partial charge < -0.3 is 14.5 Å². The first-order valence-electron chi connectivity index (χ1n) is 9.11. The quantitative estimate of drug-likeness (QED) is 0.601. The van der Waals surface area contributed by atoms with E-state index in [4.69, 9.17) is 16.3 Å². The van der Waals surface area contributed by atoms with E-state index in [0.717, 1.165) is 53.6 Å². The monoisotopic (exact) mass is 417 g/mol. The van der Waals surface area contributed by atoms with Gasteiger partial charge in [0.25, 0.3) is 0 Å². The van der Waals surface area contributed by atoms with Crippen LogP contribution >= 0.6 is 22.9 Å². The van der Waals surface area contributed by atoms with E-state index >= 15 is 0 Å². The highest BCUT2D eigenvalue weighted by Crippen LogP contribution is 2.36. The van der Waals surface area contributed by atoms with Gasteiger partial charge in [-0.2, -0.15) is 0 Å². The standard InChI is InChI=1S/C19H20ClN5O2S/c1-3-27-19(26)15-12(2)14-17(22-11-23-18(14)28-15)25-9-7-24(8-10-25)16-13(20)5-4-6-21-16/h4-6,11H,3,7-10H2,1-2H3. The zero-order valence-electron chi connectivity index (χ0n) is 15.7. The summed E-state index contributed by atoms with van der Waals surface area (Å²) >= 11 is 7.65. The van der Waals surface area contributed by atoms with Gasteiger partial charge in [0.15, 0.2) is 0 Å². The largest absolute Gasteiger partial charge is 0.462 e. The zero-order chi connectivity index (χ0) is 19.7. The minimum absolute atomic E-state index is 0.302. The molecule has 3 aromatic heterocycles. The average Bonchev–Trinajstić information content (AvgIpc) is 3.06. The van der Waals surface area contributed by atoms with Crippen LogP contribution < -0.4 is 9.80 Å². The lowest BCUT2D eigenvalue weighted by atomic mass is 10.2. The Morgan fingerprint density at radius 3 is 2.57 bits per heavy atom. The molecule has 9 heteroatoms. The zero-order valence-corrected chi connectivity index (χ0v) is 17.3. The maximum Gasteiger partial charge on any atom is 0.348 e. The summed E-state index contributed by atoms with van der Waals surface area (Å²) in [5.41, 5.74) is 0.879. The number of halogens is 1. The molecule has 1 fully saturated rings. The minimum Gasteiger partial charge on any atom is -0.462 e. The van der Waals surface area contributed by atoms with Crippen molar-refractivity contribution >= 4 is 50.8 Å². The van der Waals surface area contributed by atoms with Gasteiger partial charge in [-0.1, -0.05) is 11.6 Å². The van der Waals surface area contributed by atoms with Crippen molar-refractivity contribution in [1.29, 1.82) is 0 Å². The van der Waals surface area contributed by atoms with Gasteiger partial charge in [0, 0.05) is 32.4 Å². The topological polar surface area (TPSA) is 71.5 Å². The van der Waals surface area contributed by atoms with Gasteiger partial charge in [-0.3, -0.25) is 0 Å². The third kappa shape index (κ3) is 3.38. The molecule has 0 saturated carbocycles. The van der Waals surface area contributed by atoms with Crippen LogP contribution in [0.1, 0.15) is 22.2 Å². The Morgan fingerprint density at radius 2 is 1.89 bits per heavy atom. The van der Waals surface area contributed by atoms with Gasteiger partial charge in [0.1, 0.15) is 27.7 Å². The average molecular weight is 418 g/mol. The Morgan fingerprint density at radius 1 is 1.18 bits per heavy atom. The van der Waals surface area contributed by atoms with Crippen molar-refractivity contribution in [3.63, 3.8) is 0 Å². The SMILES string of the molecule is CCOC(=O)c1sc2ncnc(N3CCN(c4ncccc4Cl)CC3)c2c1C. The number of thiophene rings is 1. The fourth-order valence-corrected chi connectivity index (χ4v) is 4.70. The van der Waals surface area contributed by atoms with Crippen molar-refractivity contribution in [2.45, 2.75) is 13.8 Å². The number of hydrogen-bond acceptors (Lipinski definition) is 8. The summed E-state index contributed by atoms with van der Waals surface area (Å²) in [7, 11) is 0. The van der Waals surface area contributed by atoms with Crippen LogP contribution in [0.3, 0.4) is 0 Å². The van der Waals surface area contributed by atoms with Gasteiger partial charge in [-0.05, 0) is 31.5 Å². The molecule has 1 aliphatic rings. The van der Waals surface area contributed by atoms with E-state index in [-0.39, 0.29) is 5.97 Å². The van der Waals surface area contributed by atoms with Gasteiger partial charge in [-0.15, -0.1) is 11.3 Å². The molecule has 4 rings (SSSR count). The summed E-state index contributed by atoms with van der Waals surface area (Å²) < 4.78 is 5.18. The van der Waals surface area contributed by atoms with Crippen LogP contribution in [-0.4, -0.2) is 53.7 Å². The maximum absolute atomic E-state index is 12.3. The van der Waals surface area contributed by atoms with Gasteiger partial charge in [-0.25, -0.2) is 19.7 Å². The Balaban J connectivity index is 1.60. The maximum atomic E-state index is 12.3. The Hall–Kier alpha value is -2.45. The van der Waals surface area contributed by atoms with E-state index in [1.54, 1.807) is 19.4 Å². The van der Waals surface area contributed by atoms with Crippen LogP contribution in [-0.2, 0) is 4.74 Å². The van der Waals surface area contributed by atoms with Crippen LogP contribution in [0.4, 0.5) is 11.6 Å². The predicted molar refractivity (Wildman–Crippen MR) is 112 cm³/mol. The van der Waals surface area contributed by atoms with E-state index in [2.05, 4.69) is 24.8 Å². The lowest BCUT2D eigenvalue weighted by Crippen LogP contribution is -2.47. The molecule has 3 aromatic rings. The number of hydrogen-bond donors (Lipinski definition) is 0. The molecule has 0 aromatic carbocycles. The fraction of sp³-hybridized carbons (Fsp3) is 0.368. The molecule has 0 bridgehead atoms. The summed E-state index contributed by atoms with van der Waals surface area (Å²) in [6, 6.07) is 3.69. The van der Waals surface area contributed by atoms with E-state index < -0.39 is 0 Å². The van der Waals surface area contributed by atoms with Crippen LogP contribution in [0.5, 0.6) is 0 Å². The lowest BCUT2D eigenvalue weighted by molar-refractivity contribution is 0.0531. The summed E-state index contributed by atoms with van der Waals surface area (Å²) in [6.07, 6.45) is 3.32. The van der Waals surface area contributed by atoms with Crippen LogP contribution in [0.15, 0.2) is 24.7 Å². The summed E-state index contributed by atoms with van der Waals surface area (Å²) in [5, 5.41) is 1.59. The third-order valence-corrected chi connectivity index (χ3v) is 6.26. The highest BCUT2D eigenvalue weighted by molar-refractivity contribution is 7.20. The van der Waals surface area contributed by atoms with Crippen molar-refractivity contribution in [3.8, 4) is 0 Å². The lowest BCUT2D eigenvalue weighted by Gasteiger charge is -2.36. The first-order valence-corrected chi connectivity index (χ1v) is 10.3. The number of carbonyl (C=O) groups excluding carboxylic acids is 1. The van der Waals surface area contributed by atoms with Crippen molar-refractivity contribution in [3.05, 3.63) is 40.1 Å². The van der Waals surface area contributed by atoms with Gasteiger partial charge in [0.2, 0.25) is 0 Å². The normalized spacial score (nSPS) is 14.5. The molecule has 7 nitrogen and oxygen atoms in total. The Bertz CT molecular complexity index is 1020. The molecule has 0 amide bonds. The number of aromatic nitrogens is 3. The first-order chi connectivity index (χ1) is 13.6. The Kier molecular flexibility index (Phi) is 5.32. The number of carbonyl (C=O) groups is 1. The molecular weight excluding hydrogens is 398 g/mol. The number of anilines is 2. The van der Waals surface area contributed by atoms with Crippen molar-refractivity contribution in [2.75, 3.05) is 42.6 Å². The molecule has 0 aliphatic carbocycles. The van der Waals surface area contributed by atoms with E-state index in [1.807, 2.05) is 19.1 Å². The highest BCUT2D eigenvalue weighted by Gasteiger charge is 2.25. The number of rotatable bonds is 4. The number of esters is 1. The van der Waals surface area contributed by atoms with E-state index in [9.17, 15) is 4.79 Å². The molecule has 0 radical (unpaired) electrons. The minimum atomic E-state index is -0.302. The summed E-state index contributed by atoms with van der Waals surface area (Å²) in [4.78, 5) is 31.4. The van der Waals surface area contributed by atoms with E-state index in [1.165, 1.54) is 11.3 Å². The second-order valence-electron chi connectivity index (χ2n) is 6.44. The van der Waals surface area contributed by atoms with Gasteiger partial charge >= 0.3 is 5.97 Å². The van der Waals surface area contributed by atoms with Gasteiger partial charge in [0.05, 0.1) is 17.0 Å². The number of fused-ring (bicyclic) bond motifs is 1. The highest BCUT2D eigenvalue weighted by atomic mass is 35.5. The molecule has 1 aliphatic heterocycles.